The summed E-state index contributed by atoms with van der Waals surface area (Å²) in [4.78, 5) is 12.0. The molecule has 0 saturated carbocycles. The van der Waals surface area contributed by atoms with Gasteiger partial charge in [0.25, 0.3) is 5.91 Å². The number of halogens is 3. The minimum absolute atomic E-state index is 0.189. The van der Waals surface area contributed by atoms with Gasteiger partial charge >= 0.3 is 0 Å². The maximum absolute atomic E-state index is 13.6. The Morgan fingerprint density at radius 1 is 1.18 bits per heavy atom. The van der Waals surface area contributed by atoms with Crippen molar-refractivity contribution >= 4 is 29.3 Å². The maximum atomic E-state index is 13.6. The number of hydrogen-bond donors (Lipinski definition) is 1. The van der Waals surface area contributed by atoms with Crippen LogP contribution < -0.4 is 5.32 Å². The van der Waals surface area contributed by atoms with Crippen LogP contribution in [0, 0.1) is 23.0 Å². The monoisotopic (exact) mass is 318 g/mol. The number of carbonyl (C=O) groups is 1. The third-order valence-electron chi connectivity index (χ3n) is 2.77. The zero-order chi connectivity index (χ0) is 16.1. The van der Waals surface area contributed by atoms with Gasteiger partial charge in [0.1, 0.15) is 11.6 Å². The number of amides is 1. The predicted molar refractivity (Wildman–Crippen MR) is 80.0 cm³/mol. The van der Waals surface area contributed by atoms with Gasteiger partial charge in [0.05, 0.1) is 10.7 Å². The average Bonchev–Trinajstić information content (AvgIpc) is 2.51. The first-order valence-electron chi connectivity index (χ1n) is 6.14. The molecular formula is C16H9ClF2N2O. The molecule has 2 aromatic rings. The van der Waals surface area contributed by atoms with Gasteiger partial charge in [-0.1, -0.05) is 35.9 Å². The third kappa shape index (κ3) is 3.48. The van der Waals surface area contributed by atoms with Crippen molar-refractivity contribution in [3.8, 4) is 6.07 Å². The van der Waals surface area contributed by atoms with Gasteiger partial charge in [-0.3, -0.25) is 4.79 Å². The summed E-state index contributed by atoms with van der Waals surface area (Å²) in [5.41, 5.74) is -0.245. The van der Waals surface area contributed by atoms with Crippen molar-refractivity contribution in [2.45, 2.75) is 0 Å². The van der Waals surface area contributed by atoms with Gasteiger partial charge in [0.15, 0.2) is 11.6 Å². The molecule has 0 spiro atoms. The van der Waals surface area contributed by atoms with E-state index in [1.165, 1.54) is 12.1 Å². The standard InChI is InChI=1S/C16H9ClF2N2O/c17-12-5-1-2-7-14(12)21-16(22)11(9-20)8-10-4-3-6-13(18)15(10)19/h1-8H,(H,21,22). The van der Waals surface area contributed by atoms with Crippen LogP contribution in [-0.2, 0) is 4.79 Å². The van der Waals surface area contributed by atoms with Crippen molar-refractivity contribution in [3.05, 3.63) is 70.3 Å². The lowest BCUT2D eigenvalue weighted by Gasteiger charge is -2.06. The molecule has 2 rings (SSSR count). The van der Waals surface area contributed by atoms with E-state index in [4.69, 9.17) is 16.9 Å². The number of nitrogens with one attached hydrogen (secondary N) is 1. The van der Waals surface area contributed by atoms with Gasteiger partial charge < -0.3 is 5.32 Å². The van der Waals surface area contributed by atoms with Crippen LogP contribution in [0.5, 0.6) is 0 Å². The zero-order valence-electron chi connectivity index (χ0n) is 11.1. The summed E-state index contributed by atoms with van der Waals surface area (Å²) in [5, 5.41) is 11.8. The number of anilines is 1. The second-order valence-electron chi connectivity index (χ2n) is 4.25. The number of nitrogens with zero attached hydrogens (tertiary/aromatic N) is 1. The summed E-state index contributed by atoms with van der Waals surface area (Å²) in [6.07, 6.45) is 0.977. The van der Waals surface area contributed by atoms with E-state index in [1.807, 2.05) is 0 Å². The molecule has 22 heavy (non-hydrogen) atoms. The van der Waals surface area contributed by atoms with Crippen LogP contribution in [0.15, 0.2) is 48.0 Å². The van der Waals surface area contributed by atoms with E-state index in [2.05, 4.69) is 5.32 Å². The van der Waals surface area contributed by atoms with Gasteiger partial charge in [-0.2, -0.15) is 5.26 Å². The molecule has 0 aliphatic rings. The van der Waals surface area contributed by atoms with Crippen molar-refractivity contribution in [2.75, 3.05) is 5.32 Å². The molecule has 6 heteroatoms. The minimum Gasteiger partial charge on any atom is -0.320 e. The van der Waals surface area contributed by atoms with E-state index in [-0.39, 0.29) is 11.1 Å². The zero-order valence-corrected chi connectivity index (χ0v) is 11.9. The minimum atomic E-state index is -1.12. The van der Waals surface area contributed by atoms with E-state index in [0.717, 1.165) is 12.1 Å². The van der Waals surface area contributed by atoms with Crippen LogP contribution in [-0.4, -0.2) is 5.91 Å². The fourth-order valence-electron chi connectivity index (χ4n) is 1.69. The fourth-order valence-corrected chi connectivity index (χ4v) is 1.87. The Morgan fingerprint density at radius 2 is 1.91 bits per heavy atom. The van der Waals surface area contributed by atoms with Crippen LogP contribution in [0.2, 0.25) is 5.02 Å². The Bertz CT molecular complexity index is 797. The first-order valence-corrected chi connectivity index (χ1v) is 6.52. The van der Waals surface area contributed by atoms with E-state index < -0.39 is 17.5 Å². The van der Waals surface area contributed by atoms with Gasteiger partial charge in [-0.15, -0.1) is 0 Å². The average molecular weight is 319 g/mol. The number of nitriles is 1. The molecule has 0 aliphatic carbocycles. The molecular weight excluding hydrogens is 310 g/mol. The van der Waals surface area contributed by atoms with Gasteiger partial charge in [0, 0.05) is 5.56 Å². The Kier molecular flexibility index (Phi) is 4.87. The number of benzene rings is 2. The van der Waals surface area contributed by atoms with Crippen molar-refractivity contribution in [2.24, 2.45) is 0 Å². The van der Waals surface area contributed by atoms with Gasteiger partial charge in [0.2, 0.25) is 0 Å². The molecule has 0 atom stereocenters. The molecule has 0 saturated heterocycles. The molecule has 0 fully saturated rings. The van der Waals surface area contributed by atoms with Crippen molar-refractivity contribution in [3.63, 3.8) is 0 Å². The lowest BCUT2D eigenvalue weighted by atomic mass is 10.1. The molecule has 0 radical (unpaired) electrons. The molecule has 2 aromatic carbocycles. The van der Waals surface area contributed by atoms with E-state index in [0.29, 0.717) is 10.7 Å². The van der Waals surface area contributed by atoms with Crippen LogP contribution in [0.25, 0.3) is 6.08 Å². The Balaban J connectivity index is 2.30. The summed E-state index contributed by atoms with van der Waals surface area (Å²) in [5.74, 6) is -2.95. The lowest BCUT2D eigenvalue weighted by molar-refractivity contribution is -0.112. The first kappa shape index (κ1) is 15.7. The smallest absolute Gasteiger partial charge is 0.266 e. The number of carbonyl (C=O) groups excluding carboxylic acids is 1. The summed E-state index contributed by atoms with van der Waals surface area (Å²) in [7, 11) is 0. The summed E-state index contributed by atoms with van der Waals surface area (Å²) in [6, 6.07) is 11.6. The molecule has 1 N–H and O–H groups in total. The molecule has 1 amide bonds. The SMILES string of the molecule is N#CC(=Cc1cccc(F)c1F)C(=O)Nc1ccccc1Cl. The highest BCUT2D eigenvalue weighted by molar-refractivity contribution is 6.34. The van der Waals surface area contributed by atoms with Crippen LogP contribution in [0.4, 0.5) is 14.5 Å². The number of hydrogen-bond acceptors (Lipinski definition) is 2. The largest absolute Gasteiger partial charge is 0.320 e. The Morgan fingerprint density at radius 3 is 2.59 bits per heavy atom. The van der Waals surface area contributed by atoms with Crippen molar-refractivity contribution < 1.29 is 13.6 Å². The molecule has 0 aliphatic heterocycles. The lowest BCUT2D eigenvalue weighted by Crippen LogP contribution is -2.13. The van der Waals surface area contributed by atoms with E-state index in [1.54, 1.807) is 30.3 Å². The predicted octanol–water partition coefficient (Wildman–Crippen LogP) is 4.16. The van der Waals surface area contributed by atoms with Gasteiger partial charge in [-0.05, 0) is 24.3 Å². The highest BCUT2D eigenvalue weighted by Crippen LogP contribution is 2.21. The quantitative estimate of drug-likeness (QED) is 0.682. The first-order chi connectivity index (χ1) is 10.5. The van der Waals surface area contributed by atoms with Crippen molar-refractivity contribution in [1.29, 1.82) is 5.26 Å². The molecule has 0 unspecified atom stereocenters. The highest BCUT2D eigenvalue weighted by Gasteiger charge is 2.13. The maximum Gasteiger partial charge on any atom is 0.266 e. The summed E-state index contributed by atoms with van der Waals surface area (Å²) >= 11 is 5.90. The molecule has 0 bridgehead atoms. The van der Waals surface area contributed by atoms with Crippen LogP contribution >= 0.6 is 11.6 Å². The Labute approximate surface area is 130 Å². The molecule has 3 nitrogen and oxygen atoms in total. The van der Waals surface area contributed by atoms with Gasteiger partial charge in [-0.25, -0.2) is 8.78 Å². The summed E-state index contributed by atoms with van der Waals surface area (Å²) < 4.78 is 26.7. The molecule has 110 valence electrons. The molecule has 0 heterocycles. The third-order valence-corrected chi connectivity index (χ3v) is 3.10. The van der Waals surface area contributed by atoms with Crippen LogP contribution in [0.3, 0.4) is 0 Å². The van der Waals surface area contributed by atoms with Crippen molar-refractivity contribution in [1.82, 2.24) is 0 Å². The summed E-state index contributed by atoms with van der Waals surface area (Å²) in [6.45, 7) is 0. The van der Waals surface area contributed by atoms with E-state index >= 15 is 0 Å². The Hall–Kier alpha value is -2.71. The number of para-hydroxylation sites is 1. The second-order valence-corrected chi connectivity index (χ2v) is 4.65. The fraction of sp³-hybridized carbons (Fsp3) is 0. The second kappa shape index (κ2) is 6.83. The van der Waals surface area contributed by atoms with E-state index in [9.17, 15) is 13.6 Å². The highest BCUT2D eigenvalue weighted by atomic mass is 35.5. The normalized spacial score (nSPS) is 10.9. The van der Waals surface area contributed by atoms with Crippen LogP contribution in [0.1, 0.15) is 5.56 Å². The molecule has 0 aromatic heterocycles. The number of rotatable bonds is 3. The topological polar surface area (TPSA) is 52.9 Å².